The van der Waals surface area contributed by atoms with Gasteiger partial charge in [0, 0.05) is 0 Å². The summed E-state index contributed by atoms with van der Waals surface area (Å²) >= 11 is 0. The van der Waals surface area contributed by atoms with E-state index in [-0.39, 0.29) is 17.9 Å². The number of esters is 1. The van der Waals surface area contributed by atoms with Crippen molar-refractivity contribution in [2.24, 2.45) is 0 Å². The second-order valence-electron chi connectivity index (χ2n) is 4.83. The molecular weight excluding hydrogens is 242 g/mol. The standard InChI is InChI=1S/C15H19NO3/c1-2-19-14(18)11-13(17)16-15(9-6-10-15)12-7-4-3-5-8-12/h3-5,7-8H,2,6,9-11H2,1H3,(H,16,17). The minimum absolute atomic E-state index is 0.206. The number of benzene rings is 1. The van der Waals surface area contributed by atoms with Gasteiger partial charge in [0.05, 0.1) is 12.1 Å². The molecule has 0 aliphatic heterocycles. The van der Waals surface area contributed by atoms with Crippen LogP contribution < -0.4 is 5.32 Å². The predicted molar refractivity (Wildman–Crippen MR) is 71.4 cm³/mol. The Bertz CT molecular complexity index is 452. The van der Waals surface area contributed by atoms with Crippen molar-refractivity contribution in [1.29, 1.82) is 0 Å². The summed E-state index contributed by atoms with van der Waals surface area (Å²) in [5, 5.41) is 3.00. The van der Waals surface area contributed by atoms with Gasteiger partial charge in [-0.15, -0.1) is 0 Å². The van der Waals surface area contributed by atoms with Crippen LogP contribution in [0.25, 0.3) is 0 Å². The third-order valence-corrected chi connectivity index (χ3v) is 3.52. The Morgan fingerprint density at radius 3 is 2.47 bits per heavy atom. The first kappa shape index (κ1) is 13.6. The highest BCUT2D eigenvalue weighted by Gasteiger charge is 2.40. The van der Waals surface area contributed by atoms with E-state index in [0.29, 0.717) is 6.61 Å². The van der Waals surface area contributed by atoms with Crippen molar-refractivity contribution in [3.05, 3.63) is 35.9 Å². The zero-order chi connectivity index (χ0) is 13.7. The van der Waals surface area contributed by atoms with Crippen LogP contribution in [0.3, 0.4) is 0 Å². The Morgan fingerprint density at radius 2 is 1.95 bits per heavy atom. The van der Waals surface area contributed by atoms with Gasteiger partial charge in [0.25, 0.3) is 0 Å². The summed E-state index contributed by atoms with van der Waals surface area (Å²) in [4.78, 5) is 23.2. The van der Waals surface area contributed by atoms with E-state index >= 15 is 0 Å². The Balaban J connectivity index is 2.00. The molecule has 1 saturated carbocycles. The van der Waals surface area contributed by atoms with Crippen LogP contribution in [-0.2, 0) is 19.9 Å². The molecule has 1 aromatic carbocycles. The second-order valence-corrected chi connectivity index (χ2v) is 4.83. The maximum Gasteiger partial charge on any atom is 0.315 e. The Morgan fingerprint density at radius 1 is 1.26 bits per heavy atom. The minimum atomic E-state index is -0.470. The predicted octanol–water partition coefficient (Wildman–Crippen LogP) is 2.14. The lowest BCUT2D eigenvalue weighted by atomic mass is 9.71. The normalized spacial score (nSPS) is 16.3. The molecule has 1 N–H and O–H groups in total. The molecule has 0 radical (unpaired) electrons. The van der Waals surface area contributed by atoms with Gasteiger partial charge in [-0.3, -0.25) is 9.59 Å². The molecule has 2 rings (SSSR count). The van der Waals surface area contributed by atoms with Crippen molar-refractivity contribution in [2.45, 2.75) is 38.1 Å². The molecule has 4 heteroatoms. The van der Waals surface area contributed by atoms with Crippen molar-refractivity contribution >= 4 is 11.9 Å². The number of hydrogen-bond donors (Lipinski definition) is 1. The molecule has 0 saturated heterocycles. The molecule has 1 aromatic rings. The van der Waals surface area contributed by atoms with Crippen LogP contribution in [0.2, 0.25) is 0 Å². The molecule has 0 spiro atoms. The van der Waals surface area contributed by atoms with Gasteiger partial charge >= 0.3 is 5.97 Å². The zero-order valence-electron chi connectivity index (χ0n) is 11.1. The molecule has 0 bridgehead atoms. The highest BCUT2D eigenvalue weighted by atomic mass is 16.5. The van der Waals surface area contributed by atoms with Gasteiger partial charge in [0.15, 0.2) is 0 Å². The molecule has 19 heavy (non-hydrogen) atoms. The first-order valence-electron chi connectivity index (χ1n) is 6.68. The summed E-state index contributed by atoms with van der Waals surface area (Å²) < 4.78 is 4.78. The molecule has 0 unspecified atom stereocenters. The molecule has 102 valence electrons. The van der Waals surface area contributed by atoms with E-state index in [4.69, 9.17) is 4.74 Å². The Hall–Kier alpha value is -1.84. The molecule has 0 atom stereocenters. The van der Waals surface area contributed by atoms with E-state index in [2.05, 4.69) is 5.32 Å². The first-order valence-corrected chi connectivity index (χ1v) is 6.68. The Kier molecular flexibility index (Phi) is 4.20. The first-order chi connectivity index (χ1) is 9.16. The van der Waals surface area contributed by atoms with Crippen LogP contribution >= 0.6 is 0 Å². The van der Waals surface area contributed by atoms with Gasteiger partial charge in [0.1, 0.15) is 6.42 Å². The average molecular weight is 261 g/mol. The average Bonchev–Trinajstić information content (AvgIpc) is 2.35. The lowest BCUT2D eigenvalue weighted by Gasteiger charge is -2.43. The van der Waals surface area contributed by atoms with Crippen LogP contribution in [0.4, 0.5) is 0 Å². The molecule has 1 fully saturated rings. The van der Waals surface area contributed by atoms with Crippen molar-refractivity contribution in [2.75, 3.05) is 6.61 Å². The lowest BCUT2D eigenvalue weighted by molar-refractivity contribution is -0.146. The maximum atomic E-state index is 11.9. The lowest BCUT2D eigenvalue weighted by Crippen LogP contribution is -2.51. The maximum absolute atomic E-state index is 11.9. The molecule has 1 amide bonds. The highest BCUT2D eigenvalue weighted by molar-refractivity contribution is 5.94. The number of nitrogens with one attached hydrogen (secondary N) is 1. The van der Waals surface area contributed by atoms with E-state index in [9.17, 15) is 9.59 Å². The van der Waals surface area contributed by atoms with Crippen LogP contribution in [-0.4, -0.2) is 18.5 Å². The number of hydrogen-bond acceptors (Lipinski definition) is 3. The molecule has 4 nitrogen and oxygen atoms in total. The number of ether oxygens (including phenoxy) is 1. The largest absolute Gasteiger partial charge is 0.466 e. The van der Waals surface area contributed by atoms with E-state index < -0.39 is 5.97 Å². The summed E-state index contributed by atoms with van der Waals surface area (Å²) in [5.41, 5.74) is 0.823. The van der Waals surface area contributed by atoms with Gasteiger partial charge in [0.2, 0.25) is 5.91 Å². The monoisotopic (exact) mass is 261 g/mol. The van der Waals surface area contributed by atoms with Crippen LogP contribution in [0.15, 0.2) is 30.3 Å². The third kappa shape index (κ3) is 3.13. The quantitative estimate of drug-likeness (QED) is 0.652. The fourth-order valence-electron chi connectivity index (χ4n) is 2.43. The Labute approximate surface area is 113 Å². The zero-order valence-corrected chi connectivity index (χ0v) is 11.1. The summed E-state index contributed by atoms with van der Waals surface area (Å²) in [6.45, 7) is 2.03. The van der Waals surface area contributed by atoms with Crippen molar-refractivity contribution in [3.63, 3.8) is 0 Å². The number of amides is 1. The SMILES string of the molecule is CCOC(=O)CC(=O)NC1(c2ccccc2)CCC1. The van der Waals surface area contributed by atoms with Gasteiger partial charge in [-0.1, -0.05) is 30.3 Å². The van der Waals surface area contributed by atoms with Crippen molar-refractivity contribution < 1.29 is 14.3 Å². The number of carbonyl (C=O) groups excluding carboxylic acids is 2. The molecule has 1 aliphatic rings. The third-order valence-electron chi connectivity index (χ3n) is 3.52. The highest BCUT2D eigenvalue weighted by Crippen LogP contribution is 2.41. The molecule has 1 aliphatic carbocycles. The van der Waals surface area contributed by atoms with Crippen LogP contribution in [0.1, 0.15) is 38.2 Å². The van der Waals surface area contributed by atoms with Gasteiger partial charge in [-0.05, 0) is 31.7 Å². The van der Waals surface area contributed by atoms with E-state index in [1.54, 1.807) is 6.92 Å². The van der Waals surface area contributed by atoms with E-state index in [0.717, 1.165) is 24.8 Å². The van der Waals surface area contributed by atoms with Gasteiger partial charge in [-0.2, -0.15) is 0 Å². The fraction of sp³-hybridized carbons (Fsp3) is 0.467. The van der Waals surface area contributed by atoms with E-state index in [1.165, 1.54) is 0 Å². The topological polar surface area (TPSA) is 55.4 Å². The summed E-state index contributed by atoms with van der Waals surface area (Å²) in [6.07, 6.45) is 2.73. The van der Waals surface area contributed by atoms with Gasteiger partial charge < -0.3 is 10.1 Å². The van der Waals surface area contributed by atoms with Crippen molar-refractivity contribution in [3.8, 4) is 0 Å². The smallest absolute Gasteiger partial charge is 0.315 e. The summed E-state index contributed by atoms with van der Waals surface area (Å²) in [7, 11) is 0. The molecule has 0 aromatic heterocycles. The van der Waals surface area contributed by atoms with Crippen LogP contribution in [0, 0.1) is 0 Å². The number of carbonyl (C=O) groups is 2. The number of rotatable bonds is 5. The minimum Gasteiger partial charge on any atom is -0.466 e. The summed E-state index contributed by atoms with van der Waals surface area (Å²) in [5.74, 6) is -0.732. The second kappa shape index (κ2) is 5.87. The molecule has 0 heterocycles. The van der Waals surface area contributed by atoms with Crippen LogP contribution in [0.5, 0.6) is 0 Å². The van der Waals surface area contributed by atoms with Gasteiger partial charge in [-0.25, -0.2) is 0 Å². The van der Waals surface area contributed by atoms with Crippen molar-refractivity contribution in [1.82, 2.24) is 5.32 Å². The summed E-state index contributed by atoms with van der Waals surface area (Å²) in [6, 6.07) is 9.92. The fourth-order valence-corrected chi connectivity index (χ4v) is 2.43. The molecular formula is C15H19NO3. The van der Waals surface area contributed by atoms with E-state index in [1.807, 2.05) is 30.3 Å².